The Balaban J connectivity index is 1.77. The number of amides is 1. The Morgan fingerprint density at radius 3 is 2.44 bits per heavy atom. The van der Waals surface area contributed by atoms with Crippen molar-refractivity contribution in [3.05, 3.63) is 70.5 Å². The minimum Gasteiger partial charge on any atom is -0.324 e. The number of anilines is 1. The molecule has 0 aliphatic rings. The van der Waals surface area contributed by atoms with Crippen molar-refractivity contribution in [3.63, 3.8) is 0 Å². The summed E-state index contributed by atoms with van der Waals surface area (Å²) in [5.74, 6) is -0.190. The van der Waals surface area contributed by atoms with Crippen LogP contribution in [0.15, 0.2) is 59.5 Å². The fourth-order valence-electron chi connectivity index (χ4n) is 2.68. The number of fused-ring (bicyclic) bond motifs is 1. The summed E-state index contributed by atoms with van der Waals surface area (Å²) in [7, 11) is 0. The van der Waals surface area contributed by atoms with Crippen molar-refractivity contribution in [2.75, 3.05) is 5.32 Å². The van der Waals surface area contributed by atoms with Gasteiger partial charge in [-0.2, -0.15) is 5.10 Å². The molecule has 3 rings (SSSR count). The molecule has 1 N–H and O–H groups in total. The highest BCUT2D eigenvalue weighted by Gasteiger charge is 2.13. The van der Waals surface area contributed by atoms with Crippen molar-refractivity contribution in [2.24, 2.45) is 0 Å². The summed E-state index contributed by atoms with van der Waals surface area (Å²) in [6.07, 6.45) is 1.24. The number of hydrogen-bond acceptors (Lipinski definition) is 3. The Morgan fingerprint density at radius 1 is 1.08 bits per heavy atom. The van der Waals surface area contributed by atoms with Gasteiger partial charge in [0.2, 0.25) is 11.3 Å². The lowest BCUT2D eigenvalue weighted by molar-refractivity contribution is -0.116. The minimum absolute atomic E-state index is 0.0435. The molecule has 2 aromatic carbocycles. The van der Waals surface area contributed by atoms with Gasteiger partial charge in [0.1, 0.15) is 6.54 Å². The van der Waals surface area contributed by atoms with E-state index in [4.69, 9.17) is 0 Å². The van der Waals surface area contributed by atoms with Crippen LogP contribution < -0.4 is 10.7 Å². The second kappa shape index (κ2) is 6.51. The molecule has 25 heavy (non-hydrogen) atoms. The van der Waals surface area contributed by atoms with E-state index in [1.54, 1.807) is 18.2 Å². The number of benzene rings is 2. The van der Waals surface area contributed by atoms with Crippen molar-refractivity contribution in [3.8, 4) is 0 Å². The Hall–Kier alpha value is -2.95. The van der Waals surface area contributed by atoms with Crippen LogP contribution in [0.2, 0.25) is 0 Å². The van der Waals surface area contributed by atoms with Crippen LogP contribution >= 0.6 is 0 Å². The summed E-state index contributed by atoms with van der Waals surface area (Å²) in [4.78, 5) is 24.2. The lowest BCUT2D eigenvalue weighted by atomic mass is 9.87. The van der Waals surface area contributed by atoms with E-state index in [-0.39, 0.29) is 23.3 Å². The predicted molar refractivity (Wildman–Crippen MR) is 99.8 cm³/mol. The molecule has 5 nitrogen and oxygen atoms in total. The summed E-state index contributed by atoms with van der Waals surface area (Å²) in [6, 6.07) is 15.0. The molecular weight excluding hydrogens is 314 g/mol. The fourth-order valence-corrected chi connectivity index (χ4v) is 2.68. The van der Waals surface area contributed by atoms with E-state index >= 15 is 0 Å². The van der Waals surface area contributed by atoms with Gasteiger partial charge in [0.25, 0.3) is 0 Å². The lowest BCUT2D eigenvalue weighted by Gasteiger charge is -2.19. The van der Waals surface area contributed by atoms with Gasteiger partial charge in [0, 0.05) is 11.1 Å². The summed E-state index contributed by atoms with van der Waals surface area (Å²) < 4.78 is 1.54. The highest BCUT2D eigenvalue weighted by Crippen LogP contribution is 2.23. The monoisotopic (exact) mass is 335 g/mol. The fraction of sp³-hybridized carbons (Fsp3) is 0.250. The van der Waals surface area contributed by atoms with E-state index in [1.165, 1.54) is 16.4 Å². The van der Waals surface area contributed by atoms with Gasteiger partial charge in [0.15, 0.2) is 0 Å². The van der Waals surface area contributed by atoms with Crippen molar-refractivity contribution in [1.82, 2.24) is 9.78 Å². The first-order chi connectivity index (χ1) is 11.8. The Morgan fingerprint density at radius 2 is 1.76 bits per heavy atom. The minimum atomic E-state index is -0.190. The molecule has 3 aromatic rings. The van der Waals surface area contributed by atoms with Gasteiger partial charge < -0.3 is 5.32 Å². The first-order valence-corrected chi connectivity index (χ1v) is 8.20. The average molecular weight is 335 g/mol. The highest BCUT2D eigenvalue weighted by atomic mass is 16.2. The number of nitrogens with one attached hydrogen (secondary N) is 1. The van der Waals surface area contributed by atoms with Crippen LogP contribution in [-0.4, -0.2) is 15.7 Å². The molecular formula is C20H21N3O2. The maximum atomic E-state index is 12.3. The van der Waals surface area contributed by atoms with Crippen LogP contribution in [-0.2, 0) is 16.8 Å². The molecule has 128 valence electrons. The van der Waals surface area contributed by atoms with Crippen LogP contribution in [0.5, 0.6) is 0 Å². The quantitative estimate of drug-likeness (QED) is 0.798. The van der Waals surface area contributed by atoms with E-state index in [0.29, 0.717) is 10.9 Å². The van der Waals surface area contributed by atoms with Gasteiger partial charge in [-0.25, -0.2) is 0 Å². The number of aromatic nitrogens is 2. The maximum Gasteiger partial charge on any atom is 0.246 e. The van der Waals surface area contributed by atoms with Crippen molar-refractivity contribution >= 4 is 22.5 Å². The van der Waals surface area contributed by atoms with Crippen LogP contribution in [0.3, 0.4) is 0 Å². The molecule has 0 atom stereocenters. The van der Waals surface area contributed by atoms with E-state index in [2.05, 4.69) is 31.2 Å². The normalized spacial score (nSPS) is 11.5. The van der Waals surface area contributed by atoms with Crippen LogP contribution in [0.4, 0.5) is 5.69 Å². The summed E-state index contributed by atoms with van der Waals surface area (Å²) in [6.45, 7) is 6.48. The molecule has 0 saturated heterocycles. The zero-order valence-corrected chi connectivity index (χ0v) is 14.6. The molecule has 0 unspecified atom stereocenters. The van der Waals surface area contributed by atoms with Gasteiger partial charge >= 0.3 is 0 Å². The number of hydrogen-bond donors (Lipinski definition) is 1. The third kappa shape index (κ3) is 3.76. The Labute approximate surface area is 146 Å². The Kier molecular flexibility index (Phi) is 4.40. The molecule has 1 aromatic heterocycles. The summed E-state index contributed by atoms with van der Waals surface area (Å²) >= 11 is 0. The third-order valence-corrected chi connectivity index (χ3v) is 4.09. The first kappa shape index (κ1) is 16.9. The molecule has 0 spiro atoms. The van der Waals surface area contributed by atoms with E-state index in [1.807, 2.05) is 30.3 Å². The molecule has 0 aliphatic carbocycles. The van der Waals surface area contributed by atoms with Gasteiger partial charge in [-0.3, -0.25) is 14.3 Å². The van der Waals surface area contributed by atoms with Crippen molar-refractivity contribution in [2.45, 2.75) is 32.7 Å². The first-order valence-electron chi connectivity index (χ1n) is 8.20. The van der Waals surface area contributed by atoms with Crippen LogP contribution in [0, 0.1) is 0 Å². The standard InChI is InChI=1S/C20H21N3O2/c1-20(2,3)14-8-10-15(11-9-14)22-19(25)13-23-17-7-5-4-6-16(17)18(24)12-21-23/h4-12H,13H2,1-3H3,(H,22,25). The number of carbonyl (C=O) groups is 1. The molecule has 5 heteroatoms. The highest BCUT2D eigenvalue weighted by molar-refractivity contribution is 5.91. The molecule has 0 radical (unpaired) electrons. The van der Waals surface area contributed by atoms with Crippen LogP contribution in [0.25, 0.3) is 10.9 Å². The maximum absolute atomic E-state index is 12.3. The third-order valence-electron chi connectivity index (χ3n) is 4.09. The second-order valence-corrected chi connectivity index (χ2v) is 7.06. The van der Waals surface area contributed by atoms with Crippen molar-refractivity contribution < 1.29 is 4.79 Å². The summed E-state index contributed by atoms with van der Waals surface area (Å²) in [5.41, 5.74) is 2.52. The molecule has 1 heterocycles. The molecule has 0 fully saturated rings. The van der Waals surface area contributed by atoms with Crippen LogP contribution in [0.1, 0.15) is 26.3 Å². The molecule has 0 bridgehead atoms. The lowest BCUT2D eigenvalue weighted by Crippen LogP contribution is -2.22. The molecule has 1 amide bonds. The second-order valence-electron chi connectivity index (χ2n) is 7.06. The van der Waals surface area contributed by atoms with Crippen molar-refractivity contribution in [1.29, 1.82) is 0 Å². The van der Waals surface area contributed by atoms with E-state index in [0.717, 1.165) is 5.69 Å². The zero-order chi connectivity index (χ0) is 18.0. The van der Waals surface area contributed by atoms with E-state index < -0.39 is 0 Å². The predicted octanol–water partition coefficient (Wildman–Crippen LogP) is 3.33. The number of para-hydroxylation sites is 1. The number of nitrogens with zero attached hydrogens (tertiary/aromatic N) is 2. The molecule has 0 saturated carbocycles. The number of carbonyl (C=O) groups excluding carboxylic acids is 1. The van der Waals surface area contributed by atoms with E-state index in [9.17, 15) is 9.59 Å². The average Bonchev–Trinajstić information content (AvgIpc) is 2.57. The smallest absolute Gasteiger partial charge is 0.246 e. The number of rotatable bonds is 3. The summed E-state index contributed by atoms with van der Waals surface area (Å²) in [5, 5.41) is 7.50. The van der Waals surface area contributed by atoms with Gasteiger partial charge in [-0.05, 0) is 35.2 Å². The largest absolute Gasteiger partial charge is 0.324 e. The Bertz CT molecular complexity index is 967. The van der Waals surface area contributed by atoms with Gasteiger partial charge in [-0.15, -0.1) is 0 Å². The topological polar surface area (TPSA) is 64.0 Å². The molecule has 0 aliphatic heterocycles. The SMILES string of the molecule is CC(C)(C)c1ccc(NC(=O)Cn2ncc(=O)c3ccccc32)cc1. The van der Waals surface area contributed by atoms with Gasteiger partial charge in [0.05, 0.1) is 11.7 Å². The zero-order valence-electron chi connectivity index (χ0n) is 14.6. The van der Waals surface area contributed by atoms with Gasteiger partial charge in [-0.1, -0.05) is 45.0 Å².